The van der Waals surface area contributed by atoms with E-state index in [9.17, 15) is 0 Å². The summed E-state index contributed by atoms with van der Waals surface area (Å²) in [5.74, 6) is 0.615. The predicted octanol–water partition coefficient (Wildman–Crippen LogP) is 2.61. The van der Waals surface area contributed by atoms with E-state index in [1.54, 1.807) is 10.7 Å². The molecule has 1 unspecified atom stereocenters. The fourth-order valence-electron chi connectivity index (χ4n) is 1.95. The van der Waals surface area contributed by atoms with Crippen molar-refractivity contribution in [1.82, 2.24) is 19.6 Å². The molecule has 0 aliphatic rings. The molecule has 0 saturated carbocycles. The van der Waals surface area contributed by atoms with Crippen LogP contribution in [-0.2, 0) is 0 Å². The molecule has 5 heteroatoms. The minimum Gasteiger partial charge on any atom is -0.345 e. The van der Waals surface area contributed by atoms with Gasteiger partial charge in [-0.2, -0.15) is 4.98 Å². The highest BCUT2D eigenvalue weighted by Crippen LogP contribution is 2.15. The van der Waals surface area contributed by atoms with Crippen LogP contribution in [0.4, 0.5) is 5.95 Å². The van der Waals surface area contributed by atoms with Crippen molar-refractivity contribution in [3.8, 4) is 0 Å². The molecule has 0 aliphatic heterocycles. The quantitative estimate of drug-likeness (QED) is 0.779. The molecule has 0 bridgehead atoms. The molecule has 96 valence electrons. The van der Waals surface area contributed by atoms with Crippen molar-refractivity contribution in [2.45, 2.75) is 19.9 Å². The van der Waals surface area contributed by atoms with Crippen molar-refractivity contribution in [2.75, 3.05) is 5.32 Å². The summed E-state index contributed by atoms with van der Waals surface area (Å²) in [6, 6.07) is 9.91. The molecule has 0 spiro atoms. The Kier molecular flexibility index (Phi) is 2.87. The number of hydrogen-bond acceptors (Lipinski definition) is 4. The first-order valence-electron chi connectivity index (χ1n) is 6.23. The van der Waals surface area contributed by atoms with Gasteiger partial charge in [-0.25, -0.2) is 4.52 Å². The molecule has 0 amide bonds. The molecular formula is C14H15N5. The van der Waals surface area contributed by atoms with Crippen molar-refractivity contribution in [3.05, 3.63) is 54.0 Å². The van der Waals surface area contributed by atoms with Gasteiger partial charge in [0.1, 0.15) is 0 Å². The first-order chi connectivity index (χ1) is 9.22. The van der Waals surface area contributed by atoms with E-state index in [1.165, 1.54) is 0 Å². The minimum atomic E-state index is 0.0692. The molecule has 0 saturated heterocycles. The lowest BCUT2D eigenvalue weighted by Crippen LogP contribution is -2.09. The topological polar surface area (TPSA) is 55.1 Å². The first kappa shape index (κ1) is 11.6. The molecule has 0 aliphatic carbocycles. The van der Waals surface area contributed by atoms with E-state index in [2.05, 4.69) is 20.4 Å². The smallest absolute Gasteiger partial charge is 0.243 e. The number of nitrogens with zero attached hydrogens (tertiary/aromatic N) is 4. The highest BCUT2D eigenvalue weighted by Gasteiger charge is 2.09. The molecule has 0 aromatic carbocycles. The molecule has 0 radical (unpaired) electrons. The zero-order valence-corrected chi connectivity index (χ0v) is 10.9. The van der Waals surface area contributed by atoms with E-state index < -0.39 is 0 Å². The molecular weight excluding hydrogens is 238 g/mol. The maximum absolute atomic E-state index is 4.43. The van der Waals surface area contributed by atoms with E-state index in [0.29, 0.717) is 5.95 Å². The zero-order chi connectivity index (χ0) is 13.2. The van der Waals surface area contributed by atoms with Gasteiger partial charge < -0.3 is 5.32 Å². The maximum Gasteiger partial charge on any atom is 0.243 e. The van der Waals surface area contributed by atoms with Gasteiger partial charge >= 0.3 is 0 Å². The maximum atomic E-state index is 4.43. The molecule has 3 rings (SSSR count). The Hall–Kier alpha value is -2.43. The highest BCUT2D eigenvalue weighted by atomic mass is 15.3. The SMILES string of the molecule is Cc1ccc2nc(NC(C)c3ccccn3)nn2c1. The number of hydrogen-bond donors (Lipinski definition) is 1. The fourth-order valence-corrected chi connectivity index (χ4v) is 1.95. The predicted molar refractivity (Wildman–Crippen MR) is 74.0 cm³/mol. The van der Waals surface area contributed by atoms with Crippen molar-refractivity contribution < 1.29 is 0 Å². The molecule has 3 aromatic rings. The number of rotatable bonds is 3. The van der Waals surface area contributed by atoms with Gasteiger partial charge in [0.15, 0.2) is 5.65 Å². The van der Waals surface area contributed by atoms with E-state index in [1.807, 2.05) is 50.4 Å². The lowest BCUT2D eigenvalue weighted by molar-refractivity contribution is 0.817. The minimum absolute atomic E-state index is 0.0692. The molecule has 1 N–H and O–H groups in total. The van der Waals surface area contributed by atoms with Crippen LogP contribution in [-0.4, -0.2) is 19.6 Å². The van der Waals surface area contributed by atoms with Crippen LogP contribution in [0.3, 0.4) is 0 Å². The number of aromatic nitrogens is 4. The Bertz CT molecular complexity index is 689. The van der Waals surface area contributed by atoms with E-state index in [4.69, 9.17) is 0 Å². The second-order valence-corrected chi connectivity index (χ2v) is 4.57. The summed E-state index contributed by atoms with van der Waals surface area (Å²) in [7, 11) is 0. The number of anilines is 1. The number of fused-ring (bicyclic) bond motifs is 1. The van der Waals surface area contributed by atoms with Gasteiger partial charge in [0.25, 0.3) is 0 Å². The van der Waals surface area contributed by atoms with E-state index in [0.717, 1.165) is 16.9 Å². The molecule has 19 heavy (non-hydrogen) atoms. The summed E-state index contributed by atoms with van der Waals surface area (Å²) in [5, 5.41) is 7.67. The van der Waals surface area contributed by atoms with Gasteiger partial charge in [-0.3, -0.25) is 4.98 Å². The average molecular weight is 253 g/mol. The zero-order valence-electron chi connectivity index (χ0n) is 10.9. The van der Waals surface area contributed by atoms with Crippen LogP contribution in [0.5, 0.6) is 0 Å². The lowest BCUT2D eigenvalue weighted by atomic mass is 10.2. The van der Waals surface area contributed by atoms with Crippen LogP contribution in [0.25, 0.3) is 5.65 Å². The highest BCUT2D eigenvalue weighted by molar-refractivity contribution is 5.44. The number of aryl methyl sites for hydroxylation is 1. The number of pyridine rings is 2. The first-order valence-corrected chi connectivity index (χ1v) is 6.23. The largest absolute Gasteiger partial charge is 0.345 e. The van der Waals surface area contributed by atoms with Gasteiger partial charge in [-0.15, -0.1) is 5.10 Å². The van der Waals surface area contributed by atoms with E-state index >= 15 is 0 Å². The van der Waals surface area contributed by atoms with Crippen molar-refractivity contribution in [2.24, 2.45) is 0 Å². The summed E-state index contributed by atoms with van der Waals surface area (Å²) in [5.41, 5.74) is 2.96. The van der Waals surface area contributed by atoms with Gasteiger partial charge in [0.2, 0.25) is 5.95 Å². The third-order valence-electron chi connectivity index (χ3n) is 2.96. The van der Waals surface area contributed by atoms with Crippen molar-refractivity contribution >= 4 is 11.6 Å². The van der Waals surface area contributed by atoms with E-state index in [-0.39, 0.29) is 6.04 Å². The Morgan fingerprint density at radius 3 is 2.89 bits per heavy atom. The molecule has 5 nitrogen and oxygen atoms in total. The van der Waals surface area contributed by atoms with Crippen LogP contribution in [0.1, 0.15) is 24.2 Å². The summed E-state index contributed by atoms with van der Waals surface area (Å²) in [6.45, 7) is 4.07. The van der Waals surface area contributed by atoms with Crippen molar-refractivity contribution in [1.29, 1.82) is 0 Å². The summed E-state index contributed by atoms with van der Waals surface area (Å²) >= 11 is 0. The molecule has 3 aromatic heterocycles. The van der Waals surface area contributed by atoms with Crippen LogP contribution >= 0.6 is 0 Å². The summed E-state index contributed by atoms with van der Waals surface area (Å²) in [6.07, 6.45) is 3.74. The average Bonchev–Trinajstić information content (AvgIpc) is 2.81. The second-order valence-electron chi connectivity index (χ2n) is 4.57. The normalized spacial score (nSPS) is 12.5. The Morgan fingerprint density at radius 2 is 2.11 bits per heavy atom. The van der Waals surface area contributed by atoms with Crippen molar-refractivity contribution in [3.63, 3.8) is 0 Å². The Morgan fingerprint density at radius 1 is 1.21 bits per heavy atom. The van der Waals surface area contributed by atoms with Gasteiger partial charge in [-0.05, 0) is 37.6 Å². The van der Waals surface area contributed by atoms with Crippen LogP contribution in [0, 0.1) is 6.92 Å². The molecule has 0 fully saturated rings. The standard InChI is InChI=1S/C14H15N5/c1-10-6-7-13-17-14(18-19(13)9-10)16-11(2)12-5-3-4-8-15-12/h3-9,11H,1-2H3,(H,16,18). The monoisotopic (exact) mass is 253 g/mol. The van der Waals surface area contributed by atoms with Gasteiger partial charge in [0.05, 0.1) is 11.7 Å². The molecule has 3 heterocycles. The fraction of sp³-hybridized carbons (Fsp3) is 0.214. The Balaban J connectivity index is 1.85. The van der Waals surface area contributed by atoms with Crippen LogP contribution < -0.4 is 5.32 Å². The lowest BCUT2D eigenvalue weighted by Gasteiger charge is -2.10. The van der Waals surface area contributed by atoms with Crippen LogP contribution in [0.15, 0.2) is 42.7 Å². The summed E-state index contributed by atoms with van der Waals surface area (Å²) in [4.78, 5) is 8.75. The third kappa shape index (κ3) is 2.40. The molecule has 1 atom stereocenters. The Labute approximate surface area is 111 Å². The summed E-state index contributed by atoms with van der Waals surface area (Å²) < 4.78 is 1.78. The van der Waals surface area contributed by atoms with Gasteiger partial charge in [0, 0.05) is 12.4 Å². The number of nitrogens with one attached hydrogen (secondary N) is 1. The van der Waals surface area contributed by atoms with Gasteiger partial charge in [-0.1, -0.05) is 12.1 Å². The second kappa shape index (κ2) is 4.68. The van der Waals surface area contributed by atoms with Crippen LogP contribution in [0.2, 0.25) is 0 Å². The third-order valence-corrected chi connectivity index (χ3v) is 2.96.